The first-order valence-corrected chi connectivity index (χ1v) is 8.92. The summed E-state index contributed by atoms with van der Waals surface area (Å²) in [4.78, 5) is 11.1. The molecular formula is C16H15ClO6S. The van der Waals surface area contributed by atoms with Crippen molar-refractivity contribution in [1.29, 1.82) is 0 Å². The zero-order valence-electron chi connectivity index (χ0n) is 12.7. The number of phenols is 1. The molecule has 0 aliphatic carbocycles. The number of rotatable bonds is 6. The molecule has 0 unspecified atom stereocenters. The van der Waals surface area contributed by atoms with E-state index >= 15 is 0 Å². The lowest BCUT2D eigenvalue weighted by atomic mass is 10.2. The fraction of sp³-hybridized carbons (Fsp3) is 0.188. The lowest BCUT2D eigenvalue weighted by Gasteiger charge is -2.10. The van der Waals surface area contributed by atoms with Crippen molar-refractivity contribution in [2.75, 3.05) is 12.4 Å². The molecule has 24 heavy (non-hydrogen) atoms. The summed E-state index contributed by atoms with van der Waals surface area (Å²) >= 11 is 5.88. The number of sulfone groups is 1. The summed E-state index contributed by atoms with van der Waals surface area (Å²) in [7, 11) is -3.52. The van der Waals surface area contributed by atoms with Gasteiger partial charge in [-0.1, -0.05) is 29.3 Å². The van der Waals surface area contributed by atoms with Crippen LogP contribution < -0.4 is 4.74 Å². The largest absolute Gasteiger partial charge is 0.507 e. The molecule has 8 heteroatoms. The first-order chi connectivity index (χ1) is 11.2. The number of carboxylic acids is 1. The molecular weight excluding hydrogens is 356 g/mol. The molecule has 2 aromatic carbocycles. The fourth-order valence-corrected chi connectivity index (χ4v) is 3.26. The van der Waals surface area contributed by atoms with Crippen LogP contribution in [0.1, 0.15) is 15.9 Å². The van der Waals surface area contributed by atoms with Gasteiger partial charge in [-0.25, -0.2) is 13.2 Å². The van der Waals surface area contributed by atoms with Crippen LogP contribution in [0.4, 0.5) is 0 Å². The number of hydrogen-bond donors (Lipinski definition) is 2. The van der Waals surface area contributed by atoms with Crippen molar-refractivity contribution >= 4 is 27.4 Å². The maximum absolute atomic E-state index is 12.2. The average Bonchev–Trinajstić information content (AvgIpc) is 2.50. The standard InChI is InChI=1S/C16H15ClO6S/c1-10-2-4-11(5-3-10)24(21,22)7-6-23-15-9-14(18)12(16(19)20)8-13(15)17/h2-5,8-9,18H,6-7H2,1H3,(H,19,20). The van der Waals surface area contributed by atoms with Crippen molar-refractivity contribution in [1.82, 2.24) is 0 Å². The van der Waals surface area contributed by atoms with Crippen LogP contribution in [-0.2, 0) is 9.84 Å². The van der Waals surface area contributed by atoms with Crippen LogP contribution in [-0.4, -0.2) is 37.0 Å². The topological polar surface area (TPSA) is 101 Å². The molecule has 0 spiro atoms. The lowest BCUT2D eigenvalue weighted by Crippen LogP contribution is -2.14. The Bertz CT molecular complexity index is 859. The van der Waals surface area contributed by atoms with Gasteiger partial charge >= 0.3 is 5.97 Å². The number of benzene rings is 2. The van der Waals surface area contributed by atoms with E-state index in [0.29, 0.717) is 0 Å². The fourth-order valence-electron chi connectivity index (χ4n) is 1.95. The molecule has 0 amide bonds. The Morgan fingerprint density at radius 3 is 2.42 bits per heavy atom. The number of aromatic carboxylic acids is 1. The van der Waals surface area contributed by atoms with Crippen molar-refractivity contribution < 1.29 is 28.2 Å². The van der Waals surface area contributed by atoms with E-state index in [1.54, 1.807) is 12.1 Å². The van der Waals surface area contributed by atoms with E-state index in [1.165, 1.54) is 12.1 Å². The number of aryl methyl sites for hydroxylation is 1. The molecule has 0 atom stereocenters. The van der Waals surface area contributed by atoms with E-state index in [2.05, 4.69) is 0 Å². The van der Waals surface area contributed by atoms with Crippen LogP contribution in [0.5, 0.6) is 11.5 Å². The Hall–Kier alpha value is -2.25. The molecule has 6 nitrogen and oxygen atoms in total. The third-order valence-electron chi connectivity index (χ3n) is 3.27. The molecule has 2 rings (SSSR count). The van der Waals surface area contributed by atoms with Gasteiger partial charge in [0.2, 0.25) is 0 Å². The lowest BCUT2D eigenvalue weighted by molar-refractivity contribution is 0.0693. The third-order valence-corrected chi connectivity index (χ3v) is 5.26. The maximum atomic E-state index is 12.2. The van der Waals surface area contributed by atoms with Crippen LogP contribution in [0.3, 0.4) is 0 Å². The van der Waals surface area contributed by atoms with Gasteiger partial charge in [0.05, 0.1) is 15.7 Å². The second-order valence-corrected chi connectivity index (χ2v) is 7.60. The minimum Gasteiger partial charge on any atom is -0.507 e. The van der Waals surface area contributed by atoms with E-state index < -0.39 is 21.6 Å². The van der Waals surface area contributed by atoms with Crippen LogP contribution >= 0.6 is 11.6 Å². The Balaban J connectivity index is 2.08. The predicted octanol–water partition coefficient (Wildman–Crippen LogP) is 2.90. The summed E-state index contributed by atoms with van der Waals surface area (Å²) in [5.41, 5.74) is 0.589. The zero-order valence-corrected chi connectivity index (χ0v) is 14.3. The number of ether oxygens (including phenoxy) is 1. The van der Waals surface area contributed by atoms with Crippen molar-refractivity contribution in [3.63, 3.8) is 0 Å². The third kappa shape index (κ3) is 4.18. The Labute approximate surface area is 144 Å². The van der Waals surface area contributed by atoms with Gasteiger partial charge < -0.3 is 14.9 Å². The smallest absolute Gasteiger partial charge is 0.339 e. The first kappa shape index (κ1) is 18.1. The normalized spacial score (nSPS) is 11.2. The number of aromatic hydroxyl groups is 1. The van der Waals surface area contributed by atoms with Gasteiger partial charge in [-0.2, -0.15) is 0 Å². The summed E-state index contributed by atoms with van der Waals surface area (Å²) in [6.45, 7) is 1.66. The Morgan fingerprint density at radius 2 is 1.83 bits per heavy atom. The number of carboxylic acid groups (broad SMARTS) is 1. The zero-order chi connectivity index (χ0) is 17.9. The van der Waals surface area contributed by atoms with Gasteiger partial charge in [-0.05, 0) is 25.1 Å². The van der Waals surface area contributed by atoms with Crippen LogP contribution in [0, 0.1) is 6.92 Å². The maximum Gasteiger partial charge on any atom is 0.339 e. The number of carbonyl (C=O) groups is 1. The van der Waals surface area contributed by atoms with Crippen molar-refractivity contribution in [3.05, 3.63) is 52.5 Å². The molecule has 0 saturated carbocycles. The Kier molecular flexibility index (Phi) is 5.36. The monoisotopic (exact) mass is 370 g/mol. The summed E-state index contributed by atoms with van der Waals surface area (Å²) < 4.78 is 29.6. The van der Waals surface area contributed by atoms with Gasteiger partial charge in [0.1, 0.15) is 23.7 Å². The van der Waals surface area contributed by atoms with Gasteiger partial charge in [-0.15, -0.1) is 0 Å². The SMILES string of the molecule is Cc1ccc(S(=O)(=O)CCOc2cc(O)c(C(=O)O)cc2Cl)cc1. The van der Waals surface area contributed by atoms with E-state index in [-0.39, 0.29) is 33.6 Å². The van der Waals surface area contributed by atoms with Gasteiger partial charge in [0.15, 0.2) is 9.84 Å². The molecule has 0 heterocycles. The molecule has 2 aromatic rings. The minimum atomic E-state index is -3.52. The summed E-state index contributed by atoms with van der Waals surface area (Å²) in [6.07, 6.45) is 0. The summed E-state index contributed by atoms with van der Waals surface area (Å²) in [5.74, 6) is -2.11. The summed E-state index contributed by atoms with van der Waals surface area (Å²) in [5, 5.41) is 18.5. The highest BCUT2D eigenvalue weighted by Gasteiger charge is 2.17. The molecule has 0 aromatic heterocycles. The summed E-state index contributed by atoms with van der Waals surface area (Å²) in [6, 6.07) is 8.53. The molecule has 0 aliphatic rings. The molecule has 128 valence electrons. The van der Waals surface area contributed by atoms with Crippen molar-refractivity contribution in [2.24, 2.45) is 0 Å². The van der Waals surface area contributed by atoms with Crippen LogP contribution in [0.2, 0.25) is 5.02 Å². The highest BCUT2D eigenvalue weighted by Crippen LogP contribution is 2.32. The number of halogens is 1. The van der Waals surface area contributed by atoms with Gasteiger partial charge in [-0.3, -0.25) is 0 Å². The molecule has 0 aliphatic heterocycles. The van der Waals surface area contributed by atoms with E-state index in [0.717, 1.165) is 17.7 Å². The molecule has 0 fully saturated rings. The molecule has 0 bridgehead atoms. The van der Waals surface area contributed by atoms with Crippen LogP contribution in [0.25, 0.3) is 0 Å². The first-order valence-electron chi connectivity index (χ1n) is 6.89. The van der Waals surface area contributed by atoms with E-state index in [1.807, 2.05) is 6.92 Å². The van der Waals surface area contributed by atoms with Crippen molar-refractivity contribution in [2.45, 2.75) is 11.8 Å². The van der Waals surface area contributed by atoms with Crippen LogP contribution in [0.15, 0.2) is 41.3 Å². The second-order valence-electron chi connectivity index (χ2n) is 5.09. The molecule has 0 radical (unpaired) electrons. The average molecular weight is 371 g/mol. The minimum absolute atomic E-state index is 0.0123. The molecule has 2 N–H and O–H groups in total. The number of hydrogen-bond acceptors (Lipinski definition) is 5. The molecule has 0 saturated heterocycles. The predicted molar refractivity (Wildman–Crippen MR) is 88.8 cm³/mol. The van der Waals surface area contributed by atoms with Crippen molar-refractivity contribution in [3.8, 4) is 11.5 Å². The van der Waals surface area contributed by atoms with E-state index in [4.69, 9.17) is 21.4 Å². The Morgan fingerprint density at radius 1 is 1.21 bits per heavy atom. The quantitative estimate of drug-likeness (QED) is 0.810. The second kappa shape index (κ2) is 7.11. The van der Waals surface area contributed by atoms with E-state index in [9.17, 15) is 18.3 Å². The highest BCUT2D eigenvalue weighted by molar-refractivity contribution is 7.91. The highest BCUT2D eigenvalue weighted by atomic mass is 35.5. The van der Waals surface area contributed by atoms with Gasteiger partial charge in [0, 0.05) is 6.07 Å². The van der Waals surface area contributed by atoms with Gasteiger partial charge in [0.25, 0.3) is 0 Å².